The van der Waals surface area contributed by atoms with E-state index in [1.807, 2.05) is 41.3 Å². The van der Waals surface area contributed by atoms with Crippen molar-refractivity contribution < 1.29 is 9.13 Å². The minimum Gasteiger partial charge on any atom is -0.383 e. The van der Waals surface area contributed by atoms with E-state index in [1.54, 1.807) is 6.07 Å². The van der Waals surface area contributed by atoms with Gasteiger partial charge in [0.15, 0.2) is 5.65 Å². The van der Waals surface area contributed by atoms with Crippen LogP contribution in [-0.4, -0.2) is 41.3 Å². The highest BCUT2D eigenvalue weighted by molar-refractivity contribution is 9.10. The van der Waals surface area contributed by atoms with Gasteiger partial charge < -0.3 is 15.4 Å². The number of aromatic nitrogens is 3. The lowest BCUT2D eigenvalue weighted by atomic mass is 9.99. The van der Waals surface area contributed by atoms with Crippen molar-refractivity contribution in [1.29, 1.82) is 0 Å². The third-order valence-corrected chi connectivity index (χ3v) is 5.86. The average molecular weight is 480 g/mol. The largest absolute Gasteiger partial charge is 0.383 e. The molecule has 1 fully saturated rings. The lowest BCUT2D eigenvalue weighted by Gasteiger charge is -2.29. The maximum absolute atomic E-state index is 15.0. The molecule has 156 valence electrons. The molecule has 6 nitrogen and oxygen atoms in total. The van der Waals surface area contributed by atoms with Gasteiger partial charge in [-0.05, 0) is 41.5 Å². The molecule has 0 saturated carbocycles. The van der Waals surface area contributed by atoms with E-state index >= 15 is 4.39 Å². The van der Waals surface area contributed by atoms with Crippen molar-refractivity contribution in [3.05, 3.63) is 65.1 Å². The first-order valence-corrected chi connectivity index (χ1v) is 10.7. The van der Waals surface area contributed by atoms with Crippen molar-refractivity contribution in [2.45, 2.75) is 0 Å². The van der Waals surface area contributed by atoms with Gasteiger partial charge in [-0.15, -0.1) is 0 Å². The molecule has 0 atom stereocenters. The molecule has 0 unspecified atom stereocenters. The minimum atomic E-state index is -0.285. The Morgan fingerprint density at radius 2 is 1.84 bits per heavy atom. The van der Waals surface area contributed by atoms with E-state index in [9.17, 15) is 0 Å². The second-order valence-electron chi connectivity index (χ2n) is 7.29. The number of nitrogens with two attached hydrogens (primary N) is 1. The quantitative estimate of drug-likeness (QED) is 0.459. The van der Waals surface area contributed by atoms with Crippen molar-refractivity contribution in [2.24, 2.45) is 0 Å². The number of pyridine rings is 1. The predicted octanol–water partition coefficient (Wildman–Crippen LogP) is 4.68. The summed E-state index contributed by atoms with van der Waals surface area (Å²) in [7, 11) is 0. The first-order chi connectivity index (χ1) is 15.1. The van der Waals surface area contributed by atoms with Gasteiger partial charge in [-0.25, -0.2) is 19.3 Å². The normalized spacial score (nSPS) is 14.2. The minimum absolute atomic E-state index is 0.285. The SMILES string of the molecule is Nc1ncnc2nc(-c3ccc(N4CCOCC4)c(F)c3)cc(-c3cccc(Br)c3)c12. The molecule has 2 N–H and O–H groups in total. The third-order valence-electron chi connectivity index (χ3n) is 5.36. The summed E-state index contributed by atoms with van der Waals surface area (Å²) in [5.74, 6) is 0.0698. The molecule has 0 amide bonds. The van der Waals surface area contributed by atoms with Crippen LogP contribution in [0.3, 0.4) is 0 Å². The number of ether oxygens (including phenoxy) is 1. The summed E-state index contributed by atoms with van der Waals surface area (Å²) >= 11 is 3.52. The summed E-state index contributed by atoms with van der Waals surface area (Å²) in [5, 5.41) is 0.676. The highest BCUT2D eigenvalue weighted by Gasteiger charge is 2.18. The Labute approximate surface area is 187 Å². The smallest absolute Gasteiger partial charge is 0.165 e. The Hall–Kier alpha value is -3.10. The molecule has 1 aliphatic heterocycles. The lowest BCUT2D eigenvalue weighted by molar-refractivity contribution is 0.122. The van der Waals surface area contributed by atoms with Crippen molar-refractivity contribution in [3.63, 3.8) is 0 Å². The van der Waals surface area contributed by atoms with Crippen LogP contribution in [0.1, 0.15) is 0 Å². The second-order valence-corrected chi connectivity index (χ2v) is 8.20. The fourth-order valence-corrected chi connectivity index (χ4v) is 4.25. The van der Waals surface area contributed by atoms with Crippen LogP contribution in [0.4, 0.5) is 15.9 Å². The number of fused-ring (bicyclic) bond motifs is 1. The molecule has 5 rings (SSSR count). The summed E-state index contributed by atoms with van der Waals surface area (Å²) < 4.78 is 21.3. The van der Waals surface area contributed by atoms with E-state index < -0.39 is 0 Å². The molecule has 31 heavy (non-hydrogen) atoms. The summed E-state index contributed by atoms with van der Waals surface area (Å²) in [6, 6.07) is 15.0. The van der Waals surface area contributed by atoms with E-state index in [0.29, 0.717) is 60.1 Å². The molecule has 2 aromatic heterocycles. The summed E-state index contributed by atoms with van der Waals surface area (Å²) in [6.45, 7) is 2.55. The predicted molar refractivity (Wildman–Crippen MR) is 123 cm³/mol. The van der Waals surface area contributed by atoms with Crippen LogP contribution < -0.4 is 10.6 Å². The van der Waals surface area contributed by atoms with Gasteiger partial charge in [-0.1, -0.05) is 34.1 Å². The Bertz CT molecular complexity index is 1280. The van der Waals surface area contributed by atoms with Crippen molar-refractivity contribution in [3.8, 4) is 22.4 Å². The maximum atomic E-state index is 15.0. The van der Waals surface area contributed by atoms with Gasteiger partial charge in [-0.2, -0.15) is 0 Å². The van der Waals surface area contributed by atoms with E-state index in [-0.39, 0.29) is 5.82 Å². The van der Waals surface area contributed by atoms with Crippen LogP contribution >= 0.6 is 15.9 Å². The molecule has 2 aromatic carbocycles. The monoisotopic (exact) mass is 479 g/mol. The van der Waals surface area contributed by atoms with Crippen LogP contribution in [0.2, 0.25) is 0 Å². The first-order valence-electron chi connectivity index (χ1n) is 9.90. The maximum Gasteiger partial charge on any atom is 0.165 e. The van der Waals surface area contributed by atoms with Crippen LogP contribution in [0, 0.1) is 5.82 Å². The molecule has 1 saturated heterocycles. The second kappa shape index (κ2) is 8.20. The van der Waals surface area contributed by atoms with E-state index in [4.69, 9.17) is 10.5 Å². The lowest BCUT2D eigenvalue weighted by Crippen LogP contribution is -2.36. The fourth-order valence-electron chi connectivity index (χ4n) is 3.85. The Morgan fingerprint density at radius 3 is 2.61 bits per heavy atom. The molecule has 8 heteroatoms. The van der Waals surface area contributed by atoms with Crippen molar-refractivity contribution in [2.75, 3.05) is 36.9 Å². The average Bonchev–Trinajstić information content (AvgIpc) is 2.79. The molecule has 3 heterocycles. The molecule has 0 bridgehead atoms. The summed E-state index contributed by atoms with van der Waals surface area (Å²) in [4.78, 5) is 15.1. The molecule has 4 aromatic rings. The number of hydrogen-bond acceptors (Lipinski definition) is 6. The number of anilines is 2. The number of rotatable bonds is 3. The highest BCUT2D eigenvalue weighted by atomic mass is 79.9. The molecule has 0 aliphatic carbocycles. The standard InChI is InChI=1S/C23H19BrFN5O/c24-16-3-1-2-14(10-16)17-12-19(29-23-21(17)22(26)27-13-28-23)15-4-5-20(18(25)11-15)30-6-8-31-9-7-30/h1-5,10-13H,6-9H2,(H2,26,27,28,29). The molecule has 0 radical (unpaired) electrons. The van der Waals surface area contributed by atoms with E-state index in [2.05, 4.69) is 30.9 Å². The first kappa shape index (κ1) is 19.8. The fraction of sp³-hybridized carbons (Fsp3) is 0.174. The number of nitrogens with zero attached hydrogens (tertiary/aromatic N) is 4. The van der Waals surface area contributed by atoms with Gasteiger partial charge in [0.05, 0.1) is 30.0 Å². The van der Waals surface area contributed by atoms with Crippen LogP contribution in [-0.2, 0) is 4.74 Å². The highest BCUT2D eigenvalue weighted by Crippen LogP contribution is 2.35. The van der Waals surface area contributed by atoms with Gasteiger partial charge in [0.2, 0.25) is 0 Å². The zero-order chi connectivity index (χ0) is 21.4. The number of benzene rings is 2. The topological polar surface area (TPSA) is 77.2 Å². The Balaban J connectivity index is 1.65. The van der Waals surface area contributed by atoms with Crippen molar-refractivity contribution >= 4 is 38.5 Å². The number of halogens is 2. The van der Waals surface area contributed by atoms with E-state index in [1.165, 1.54) is 12.4 Å². The number of morpholine rings is 1. The molecule has 1 aliphatic rings. The van der Waals surface area contributed by atoms with Gasteiger partial charge in [0, 0.05) is 23.1 Å². The Kier molecular flexibility index (Phi) is 5.25. The zero-order valence-electron chi connectivity index (χ0n) is 16.6. The zero-order valence-corrected chi connectivity index (χ0v) is 18.1. The summed E-state index contributed by atoms with van der Waals surface area (Å²) in [5.41, 5.74) is 10.3. The summed E-state index contributed by atoms with van der Waals surface area (Å²) in [6.07, 6.45) is 1.39. The van der Waals surface area contributed by atoms with E-state index in [0.717, 1.165) is 15.6 Å². The van der Waals surface area contributed by atoms with Gasteiger partial charge in [0.25, 0.3) is 0 Å². The van der Waals surface area contributed by atoms with Gasteiger partial charge in [0.1, 0.15) is 18.0 Å². The van der Waals surface area contributed by atoms with Crippen LogP contribution in [0.5, 0.6) is 0 Å². The number of nitrogen functional groups attached to an aromatic ring is 1. The van der Waals surface area contributed by atoms with Gasteiger partial charge in [-0.3, -0.25) is 0 Å². The number of hydrogen-bond donors (Lipinski definition) is 1. The van der Waals surface area contributed by atoms with Crippen molar-refractivity contribution in [1.82, 2.24) is 15.0 Å². The molecular formula is C23H19BrFN5O. The molecular weight excluding hydrogens is 461 g/mol. The third kappa shape index (κ3) is 3.84. The van der Waals surface area contributed by atoms with Crippen LogP contribution in [0.15, 0.2) is 59.3 Å². The van der Waals surface area contributed by atoms with Gasteiger partial charge >= 0.3 is 0 Å². The Morgan fingerprint density at radius 1 is 1.00 bits per heavy atom. The molecule has 0 spiro atoms. The van der Waals surface area contributed by atoms with Crippen LogP contribution in [0.25, 0.3) is 33.4 Å².